The smallest absolute Gasteiger partial charge is 0.129 e. The summed E-state index contributed by atoms with van der Waals surface area (Å²) in [4.78, 5) is 3.17. The number of phenolic OH excluding ortho intramolecular Hbond substituents is 2. The lowest BCUT2D eigenvalue weighted by Gasteiger charge is -1.98. The van der Waals surface area contributed by atoms with Crippen LogP contribution in [0.2, 0.25) is 0 Å². The molecule has 0 unspecified atom stereocenters. The van der Waals surface area contributed by atoms with Crippen molar-refractivity contribution in [1.82, 2.24) is 4.98 Å². The highest BCUT2D eigenvalue weighted by Gasteiger charge is 2.09. The molecule has 0 saturated heterocycles. The Morgan fingerprint density at radius 2 is 1.81 bits per heavy atom. The van der Waals surface area contributed by atoms with Crippen LogP contribution in [0.1, 0.15) is 5.56 Å². The Kier molecular flexibility index (Phi) is 1.66. The molecule has 3 nitrogen and oxygen atoms in total. The van der Waals surface area contributed by atoms with Crippen LogP contribution in [0, 0.1) is 6.92 Å². The number of aromatic hydroxyl groups is 2. The Morgan fingerprint density at radius 1 is 1.00 bits per heavy atom. The van der Waals surface area contributed by atoms with Gasteiger partial charge in [-0.3, -0.25) is 0 Å². The van der Waals surface area contributed by atoms with Crippen molar-refractivity contribution in [1.29, 1.82) is 0 Å². The molecule has 0 aliphatic rings. The number of nitrogens with one attached hydrogen (secondary N) is 1. The van der Waals surface area contributed by atoms with E-state index in [1.54, 1.807) is 6.07 Å². The van der Waals surface area contributed by atoms with Crippen molar-refractivity contribution in [2.24, 2.45) is 0 Å². The van der Waals surface area contributed by atoms with E-state index in [0.717, 1.165) is 27.4 Å². The number of benzene rings is 2. The lowest BCUT2D eigenvalue weighted by atomic mass is 10.1. The second kappa shape index (κ2) is 2.92. The van der Waals surface area contributed by atoms with E-state index in [9.17, 15) is 10.2 Å². The van der Waals surface area contributed by atoms with Gasteiger partial charge >= 0.3 is 0 Å². The van der Waals surface area contributed by atoms with Gasteiger partial charge in [0.2, 0.25) is 0 Å². The van der Waals surface area contributed by atoms with E-state index in [-0.39, 0.29) is 11.5 Å². The predicted molar refractivity (Wildman–Crippen MR) is 63.9 cm³/mol. The van der Waals surface area contributed by atoms with E-state index in [1.165, 1.54) is 6.07 Å². The summed E-state index contributed by atoms with van der Waals surface area (Å²) in [6, 6.07) is 8.98. The molecule has 0 fully saturated rings. The van der Waals surface area contributed by atoms with E-state index in [4.69, 9.17) is 0 Å². The molecule has 3 N–H and O–H groups in total. The number of hydrogen-bond acceptors (Lipinski definition) is 2. The van der Waals surface area contributed by atoms with Crippen molar-refractivity contribution in [3.05, 3.63) is 35.9 Å². The predicted octanol–water partition coefficient (Wildman–Crippen LogP) is 3.04. The quantitative estimate of drug-likeness (QED) is 0.537. The molecule has 3 heteroatoms. The van der Waals surface area contributed by atoms with Crippen LogP contribution < -0.4 is 0 Å². The summed E-state index contributed by atoms with van der Waals surface area (Å²) in [5.74, 6) is 0.167. The summed E-state index contributed by atoms with van der Waals surface area (Å²) in [6.07, 6.45) is 0. The normalized spacial score (nSPS) is 11.3. The maximum Gasteiger partial charge on any atom is 0.129 e. The SMILES string of the molecule is Cc1ccc2[nH]c3cc(O)cc(O)c3c2c1. The number of phenols is 2. The highest BCUT2D eigenvalue weighted by atomic mass is 16.3. The molecule has 0 aliphatic heterocycles. The van der Waals surface area contributed by atoms with Crippen LogP contribution >= 0.6 is 0 Å². The minimum absolute atomic E-state index is 0.0632. The van der Waals surface area contributed by atoms with Crippen LogP contribution in [0.25, 0.3) is 21.8 Å². The maximum absolute atomic E-state index is 9.85. The fourth-order valence-corrected chi connectivity index (χ4v) is 2.11. The van der Waals surface area contributed by atoms with Crippen LogP contribution in [0.4, 0.5) is 0 Å². The van der Waals surface area contributed by atoms with Gasteiger partial charge in [0, 0.05) is 28.4 Å². The number of hydrogen-bond donors (Lipinski definition) is 3. The standard InChI is InChI=1S/C13H11NO2/c1-7-2-3-10-9(4-7)13-11(14-10)5-8(15)6-12(13)16/h2-6,14-16H,1H3. The average Bonchev–Trinajstić information content (AvgIpc) is 2.54. The second-order valence-electron chi connectivity index (χ2n) is 4.06. The molecular formula is C13H11NO2. The Labute approximate surface area is 92.0 Å². The minimum atomic E-state index is 0.0632. The minimum Gasteiger partial charge on any atom is -0.508 e. The third kappa shape index (κ3) is 1.15. The Balaban J connectivity index is 2.57. The van der Waals surface area contributed by atoms with E-state index in [0.29, 0.717) is 0 Å². The molecule has 0 amide bonds. The number of fused-ring (bicyclic) bond motifs is 3. The van der Waals surface area contributed by atoms with Crippen molar-refractivity contribution in [3.8, 4) is 11.5 Å². The van der Waals surface area contributed by atoms with Gasteiger partial charge in [-0.05, 0) is 19.1 Å². The van der Waals surface area contributed by atoms with Crippen molar-refractivity contribution in [2.75, 3.05) is 0 Å². The number of rotatable bonds is 0. The number of aromatic nitrogens is 1. The van der Waals surface area contributed by atoms with Crippen molar-refractivity contribution in [2.45, 2.75) is 6.92 Å². The molecule has 16 heavy (non-hydrogen) atoms. The zero-order valence-corrected chi connectivity index (χ0v) is 8.78. The highest BCUT2D eigenvalue weighted by Crippen LogP contribution is 2.35. The third-order valence-electron chi connectivity index (χ3n) is 2.82. The molecule has 80 valence electrons. The molecule has 0 radical (unpaired) electrons. The van der Waals surface area contributed by atoms with Crippen molar-refractivity contribution >= 4 is 21.8 Å². The Bertz CT molecular complexity index is 698. The van der Waals surface area contributed by atoms with Crippen LogP contribution in [0.3, 0.4) is 0 Å². The van der Waals surface area contributed by atoms with Gasteiger partial charge in [0.1, 0.15) is 11.5 Å². The number of H-pyrrole nitrogens is 1. The first-order valence-corrected chi connectivity index (χ1v) is 5.09. The van der Waals surface area contributed by atoms with Gasteiger partial charge in [-0.2, -0.15) is 0 Å². The lowest BCUT2D eigenvalue weighted by molar-refractivity contribution is 0.455. The molecule has 1 aromatic heterocycles. The topological polar surface area (TPSA) is 56.2 Å². The van der Waals surface area contributed by atoms with Gasteiger partial charge in [-0.25, -0.2) is 0 Å². The van der Waals surface area contributed by atoms with Gasteiger partial charge in [-0.1, -0.05) is 11.6 Å². The summed E-state index contributed by atoms with van der Waals surface area (Å²) in [5.41, 5.74) is 2.85. The fraction of sp³-hybridized carbons (Fsp3) is 0.0769. The van der Waals surface area contributed by atoms with Crippen LogP contribution in [-0.2, 0) is 0 Å². The average molecular weight is 213 g/mol. The van der Waals surface area contributed by atoms with Gasteiger partial charge in [0.25, 0.3) is 0 Å². The number of aromatic amines is 1. The zero-order chi connectivity index (χ0) is 11.3. The van der Waals surface area contributed by atoms with Crippen LogP contribution in [0.5, 0.6) is 11.5 Å². The first kappa shape index (κ1) is 9.09. The Hall–Kier alpha value is -2.16. The molecule has 0 aliphatic carbocycles. The molecular weight excluding hydrogens is 202 g/mol. The monoisotopic (exact) mass is 213 g/mol. The molecule has 0 bridgehead atoms. The first-order chi connectivity index (χ1) is 7.65. The fourth-order valence-electron chi connectivity index (χ4n) is 2.11. The molecule has 0 saturated carbocycles. The maximum atomic E-state index is 9.85. The van der Waals surface area contributed by atoms with Gasteiger partial charge < -0.3 is 15.2 Å². The van der Waals surface area contributed by atoms with Crippen molar-refractivity contribution in [3.63, 3.8) is 0 Å². The lowest BCUT2D eigenvalue weighted by Crippen LogP contribution is -1.72. The van der Waals surface area contributed by atoms with Gasteiger partial charge in [-0.15, -0.1) is 0 Å². The van der Waals surface area contributed by atoms with Gasteiger partial charge in [0.15, 0.2) is 0 Å². The van der Waals surface area contributed by atoms with E-state index in [2.05, 4.69) is 4.98 Å². The molecule has 0 spiro atoms. The summed E-state index contributed by atoms with van der Waals surface area (Å²) < 4.78 is 0. The summed E-state index contributed by atoms with van der Waals surface area (Å²) in [6.45, 7) is 2.01. The summed E-state index contributed by atoms with van der Waals surface area (Å²) in [5, 5.41) is 21.0. The molecule has 3 aromatic rings. The molecule has 1 heterocycles. The van der Waals surface area contributed by atoms with Crippen molar-refractivity contribution < 1.29 is 10.2 Å². The second-order valence-corrected chi connectivity index (χ2v) is 4.06. The molecule has 2 aromatic carbocycles. The van der Waals surface area contributed by atoms with Crippen LogP contribution in [-0.4, -0.2) is 15.2 Å². The van der Waals surface area contributed by atoms with E-state index >= 15 is 0 Å². The van der Waals surface area contributed by atoms with Gasteiger partial charge in [0.05, 0.1) is 5.52 Å². The molecule has 0 atom stereocenters. The first-order valence-electron chi connectivity index (χ1n) is 5.09. The highest BCUT2D eigenvalue weighted by molar-refractivity contribution is 6.10. The van der Waals surface area contributed by atoms with Crippen LogP contribution in [0.15, 0.2) is 30.3 Å². The summed E-state index contributed by atoms with van der Waals surface area (Å²) >= 11 is 0. The third-order valence-corrected chi connectivity index (χ3v) is 2.82. The zero-order valence-electron chi connectivity index (χ0n) is 8.78. The largest absolute Gasteiger partial charge is 0.508 e. The summed E-state index contributed by atoms with van der Waals surface area (Å²) in [7, 11) is 0. The Morgan fingerprint density at radius 3 is 2.62 bits per heavy atom. The molecule has 3 rings (SSSR count). The van der Waals surface area contributed by atoms with E-state index < -0.39 is 0 Å². The number of aryl methyl sites for hydroxylation is 1. The van der Waals surface area contributed by atoms with E-state index in [1.807, 2.05) is 25.1 Å².